The van der Waals surface area contributed by atoms with Crippen LogP contribution in [0.1, 0.15) is 16.1 Å². The summed E-state index contributed by atoms with van der Waals surface area (Å²) in [7, 11) is 0. The van der Waals surface area contributed by atoms with Gasteiger partial charge in [0.15, 0.2) is 5.58 Å². The van der Waals surface area contributed by atoms with Crippen LogP contribution in [0.5, 0.6) is 0 Å². The van der Waals surface area contributed by atoms with Crippen LogP contribution < -0.4 is 10.2 Å². The van der Waals surface area contributed by atoms with Gasteiger partial charge in [-0.2, -0.15) is 4.98 Å². The first kappa shape index (κ1) is 18.9. The molecule has 1 amide bonds. The van der Waals surface area contributed by atoms with Crippen LogP contribution in [0, 0.1) is 6.92 Å². The molecule has 10 nitrogen and oxygen atoms in total. The molecule has 0 spiro atoms. The Morgan fingerprint density at radius 2 is 1.77 bits per heavy atom. The van der Waals surface area contributed by atoms with E-state index in [0.29, 0.717) is 60.9 Å². The molecule has 1 aliphatic heterocycles. The average Bonchev–Trinajstić information content (AvgIpc) is 3.22. The standard InChI is InChI=1S/C21H20N8O2/c1-14-15(18(30)28-9-11-29(12-10-28)20-22-7-4-8-23-20)13-24-19(25-14)27-21-26-16-5-2-3-6-17(16)31-21/h2-8,13H,9-12H2,1H3,(H,24,25,26,27). The molecule has 4 heterocycles. The molecule has 1 N–H and O–H groups in total. The molecule has 0 bridgehead atoms. The van der Waals surface area contributed by atoms with Crippen LogP contribution in [0.2, 0.25) is 0 Å². The van der Waals surface area contributed by atoms with Crippen molar-refractivity contribution in [3.8, 4) is 0 Å². The van der Waals surface area contributed by atoms with E-state index in [1.165, 1.54) is 0 Å². The number of aryl methyl sites for hydroxylation is 1. The molecular formula is C21H20N8O2. The van der Waals surface area contributed by atoms with E-state index < -0.39 is 0 Å². The zero-order chi connectivity index (χ0) is 21.2. The number of nitrogens with one attached hydrogen (secondary N) is 1. The Hall–Kier alpha value is -4.08. The Morgan fingerprint density at radius 1 is 1.00 bits per heavy atom. The number of benzene rings is 1. The van der Waals surface area contributed by atoms with Gasteiger partial charge in [-0.25, -0.2) is 19.9 Å². The van der Waals surface area contributed by atoms with Crippen molar-refractivity contribution in [3.05, 3.63) is 60.2 Å². The fourth-order valence-electron chi connectivity index (χ4n) is 3.49. The van der Waals surface area contributed by atoms with Crippen LogP contribution in [0.25, 0.3) is 11.1 Å². The van der Waals surface area contributed by atoms with E-state index in [0.717, 1.165) is 5.52 Å². The van der Waals surface area contributed by atoms with Crippen LogP contribution in [0.4, 0.5) is 17.9 Å². The lowest BCUT2D eigenvalue weighted by atomic mass is 10.2. The van der Waals surface area contributed by atoms with E-state index in [4.69, 9.17) is 4.42 Å². The summed E-state index contributed by atoms with van der Waals surface area (Å²) in [6, 6.07) is 9.56. The van der Waals surface area contributed by atoms with Crippen LogP contribution in [-0.4, -0.2) is 61.9 Å². The number of carbonyl (C=O) groups is 1. The Balaban J connectivity index is 1.26. The van der Waals surface area contributed by atoms with Crippen LogP contribution in [0.3, 0.4) is 0 Å². The molecule has 1 fully saturated rings. The maximum atomic E-state index is 13.0. The molecular weight excluding hydrogens is 396 g/mol. The van der Waals surface area contributed by atoms with E-state index >= 15 is 0 Å². The molecule has 31 heavy (non-hydrogen) atoms. The maximum absolute atomic E-state index is 13.0. The fraction of sp³-hybridized carbons (Fsp3) is 0.238. The van der Waals surface area contributed by atoms with Gasteiger partial charge in [-0.3, -0.25) is 10.1 Å². The summed E-state index contributed by atoms with van der Waals surface area (Å²) in [5.74, 6) is 0.926. The summed E-state index contributed by atoms with van der Waals surface area (Å²) < 4.78 is 5.64. The summed E-state index contributed by atoms with van der Waals surface area (Å²) in [5, 5.41) is 2.96. The second kappa shape index (κ2) is 7.98. The minimum absolute atomic E-state index is 0.0838. The first-order valence-electron chi connectivity index (χ1n) is 9.95. The van der Waals surface area contributed by atoms with Crippen molar-refractivity contribution < 1.29 is 9.21 Å². The molecule has 1 aliphatic rings. The number of anilines is 3. The summed E-state index contributed by atoms with van der Waals surface area (Å²) >= 11 is 0. The van der Waals surface area contributed by atoms with Gasteiger partial charge in [-0.1, -0.05) is 12.1 Å². The molecule has 156 valence electrons. The molecule has 4 aromatic rings. The minimum Gasteiger partial charge on any atom is -0.423 e. The SMILES string of the molecule is Cc1nc(Nc2nc3ccccc3o2)ncc1C(=O)N1CCN(c2ncccn2)CC1. The highest BCUT2D eigenvalue weighted by Gasteiger charge is 2.25. The van der Waals surface area contributed by atoms with E-state index in [9.17, 15) is 4.79 Å². The molecule has 5 rings (SSSR count). The number of para-hydroxylation sites is 2. The number of oxazole rings is 1. The maximum Gasteiger partial charge on any atom is 0.302 e. The van der Waals surface area contributed by atoms with E-state index in [1.54, 1.807) is 36.5 Å². The Labute approximate surface area is 178 Å². The number of piperazine rings is 1. The topological polar surface area (TPSA) is 113 Å². The predicted molar refractivity (Wildman–Crippen MR) is 114 cm³/mol. The number of carbonyl (C=O) groups excluding carboxylic acids is 1. The Bertz CT molecular complexity index is 1190. The van der Waals surface area contributed by atoms with Crippen molar-refractivity contribution in [3.63, 3.8) is 0 Å². The van der Waals surface area contributed by atoms with Gasteiger partial charge in [0.25, 0.3) is 5.91 Å². The number of hydrogen-bond donors (Lipinski definition) is 1. The Morgan fingerprint density at radius 3 is 2.52 bits per heavy atom. The van der Waals surface area contributed by atoms with Crippen LogP contribution in [-0.2, 0) is 0 Å². The zero-order valence-electron chi connectivity index (χ0n) is 16.9. The van der Waals surface area contributed by atoms with E-state index in [2.05, 4.69) is 35.1 Å². The molecule has 1 aromatic carbocycles. The van der Waals surface area contributed by atoms with Crippen molar-refractivity contribution in [2.24, 2.45) is 0 Å². The lowest BCUT2D eigenvalue weighted by molar-refractivity contribution is 0.0744. The highest BCUT2D eigenvalue weighted by Crippen LogP contribution is 2.21. The lowest BCUT2D eigenvalue weighted by Crippen LogP contribution is -2.49. The second-order valence-corrected chi connectivity index (χ2v) is 7.13. The van der Waals surface area contributed by atoms with E-state index in [-0.39, 0.29) is 5.91 Å². The second-order valence-electron chi connectivity index (χ2n) is 7.13. The minimum atomic E-state index is -0.0838. The van der Waals surface area contributed by atoms with Crippen molar-refractivity contribution in [1.82, 2.24) is 29.8 Å². The molecule has 0 aliphatic carbocycles. The molecule has 0 saturated carbocycles. The van der Waals surface area contributed by atoms with Gasteiger partial charge in [-0.05, 0) is 25.1 Å². The number of fused-ring (bicyclic) bond motifs is 1. The number of rotatable bonds is 4. The van der Waals surface area contributed by atoms with Gasteiger partial charge in [0.1, 0.15) is 5.52 Å². The number of hydrogen-bond acceptors (Lipinski definition) is 9. The summed E-state index contributed by atoms with van der Waals surface area (Å²) in [5.41, 5.74) is 2.49. The van der Waals surface area contributed by atoms with Gasteiger partial charge in [0, 0.05) is 44.8 Å². The van der Waals surface area contributed by atoms with Gasteiger partial charge in [-0.15, -0.1) is 0 Å². The predicted octanol–water partition coefficient (Wildman–Crippen LogP) is 2.42. The smallest absolute Gasteiger partial charge is 0.302 e. The van der Waals surface area contributed by atoms with Gasteiger partial charge >= 0.3 is 6.01 Å². The monoisotopic (exact) mass is 416 g/mol. The van der Waals surface area contributed by atoms with Crippen molar-refractivity contribution in [2.75, 3.05) is 36.4 Å². The summed E-state index contributed by atoms with van der Waals surface area (Å²) in [6.45, 7) is 4.30. The number of aromatic nitrogens is 5. The first-order valence-corrected chi connectivity index (χ1v) is 9.95. The number of nitrogens with zero attached hydrogens (tertiary/aromatic N) is 7. The van der Waals surface area contributed by atoms with Crippen LogP contribution in [0.15, 0.2) is 53.3 Å². The summed E-state index contributed by atoms with van der Waals surface area (Å²) in [6.07, 6.45) is 4.98. The van der Waals surface area contributed by atoms with Gasteiger partial charge < -0.3 is 14.2 Å². The first-order chi connectivity index (χ1) is 15.2. The normalized spacial score (nSPS) is 14.1. The average molecular weight is 416 g/mol. The molecule has 0 atom stereocenters. The molecule has 3 aromatic heterocycles. The quantitative estimate of drug-likeness (QED) is 0.536. The van der Waals surface area contributed by atoms with E-state index in [1.807, 2.05) is 24.3 Å². The molecule has 10 heteroatoms. The summed E-state index contributed by atoms with van der Waals surface area (Å²) in [4.78, 5) is 38.5. The van der Waals surface area contributed by atoms with Gasteiger partial charge in [0.2, 0.25) is 11.9 Å². The third-order valence-corrected chi connectivity index (χ3v) is 5.12. The largest absolute Gasteiger partial charge is 0.423 e. The molecule has 0 unspecified atom stereocenters. The van der Waals surface area contributed by atoms with Gasteiger partial charge in [0.05, 0.1) is 11.3 Å². The molecule has 0 radical (unpaired) electrons. The number of amides is 1. The highest BCUT2D eigenvalue weighted by atomic mass is 16.4. The molecule has 1 saturated heterocycles. The third kappa shape index (κ3) is 3.87. The highest BCUT2D eigenvalue weighted by molar-refractivity contribution is 5.95. The van der Waals surface area contributed by atoms with Crippen molar-refractivity contribution in [1.29, 1.82) is 0 Å². The van der Waals surface area contributed by atoms with Crippen LogP contribution >= 0.6 is 0 Å². The van der Waals surface area contributed by atoms with Crippen molar-refractivity contribution >= 4 is 34.9 Å². The fourth-order valence-corrected chi connectivity index (χ4v) is 3.49. The zero-order valence-corrected chi connectivity index (χ0v) is 16.9. The van der Waals surface area contributed by atoms with Crippen molar-refractivity contribution in [2.45, 2.75) is 6.92 Å². The Kier molecular flexibility index (Phi) is 4.87. The lowest BCUT2D eigenvalue weighted by Gasteiger charge is -2.34. The third-order valence-electron chi connectivity index (χ3n) is 5.12.